The van der Waals surface area contributed by atoms with Crippen molar-refractivity contribution in [2.24, 2.45) is 31.8 Å². The number of nitrogens with zero attached hydrogens (tertiary/aromatic N) is 4. The predicted molar refractivity (Wildman–Crippen MR) is 130 cm³/mol. The predicted octanol–water partition coefficient (Wildman–Crippen LogP) is 4.32. The first-order chi connectivity index (χ1) is 15.4. The number of ether oxygens (including phenoxy) is 4. The summed E-state index contributed by atoms with van der Waals surface area (Å²) in [5.41, 5.74) is 0. The highest BCUT2D eigenvalue weighted by Gasteiger charge is 2.31. The molecule has 4 atom stereocenters. The Morgan fingerprint density at radius 3 is 1.16 bits per heavy atom. The summed E-state index contributed by atoms with van der Waals surface area (Å²) >= 11 is 0. The van der Waals surface area contributed by atoms with E-state index < -0.39 is 0 Å². The topological polar surface area (TPSA) is 86.4 Å². The molecule has 182 valence electrons. The molecule has 0 aromatic heterocycles. The normalized spacial score (nSPS) is 25.7. The van der Waals surface area contributed by atoms with Crippen LogP contribution < -0.4 is 0 Å². The molecular formula is C24H42N4O4. The summed E-state index contributed by atoms with van der Waals surface area (Å²) in [6.45, 7) is 8.46. The molecule has 0 saturated heterocycles. The third-order valence-corrected chi connectivity index (χ3v) is 5.98. The van der Waals surface area contributed by atoms with Crippen molar-refractivity contribution >= 4 is 23.6 Å². The second-order valence-electron chi connectivity index (χ2n) is 9.09. The van der Waals surface area contributed by atoms with Gasteiger partial charge >= 0.3 is 0 Å². The Hall–Kier alpha value is -2.12. The van der Waals surface area contributed by atoms with Crippen molar-refractivity contribution < 1.29 is 18.9 Å². The zero-order valence-corrected chi connectivity index (χ0v) is 21.1. The molecular weight excluding hydrogens is 408 g/mol. The van der Waals surface area contributed by atoms with Crippen LogP contribution in [0.5, 0.6) is 0 Å². The second kappa shape index (κ2) is 12.8. The van der Waals surface area contributed by atoms with Gasteiger partial charge in [-0.2, -0.15) is 0 Å². The molecule has 0 aromatic rings. The number of methoxy groups -OCH3 is 4. The first-order valence-corrected chi connectivity index (χ1v) is 11.8. The van der Waals surface area contributed by atoms with E-state index in [1.165, 1.54) is 0 Å². The van der Waals surface area contributed by atoms with Gasteiger partial charge in [-0.25, -0.2) is 20.0 Å². The van der Waals surface area contributed by atoms with Gasteiger partial charge in [-0.05, 0) is 24.7 Å². The van der Waals surface area contributed by atoms with Gasteiger partial charge in [0.2, 0.25) is 23.6 Å². The number of aliphatic imine (C=N–C) groups is 4. The van der Waals surface area contributed by atoms with E-state index in [2.05, 4.69) is 27.7 Å². The van der Waals surface area contributed by atoms with Gasteiger partial charge in [-0.15, -0.1) is 0 Å². The zero-order chi connectivity index (χ0) is 23.7. The van der Waals surface area contributed by atoms with Crippen molar-refractivity contribution in [3.8, 4) is 0 Å². The van der Waals surface area contributed by atoms with Crippen LogP contribution >= 0.6 is 0 Å². The van der Waals surface area contributed by atoms with Crippen molar-refractivity contribution in [3.05, 3.63) is 0 Å². The van der Waals surface area contributed by atoms with Gasteiger partial charge in [0.15, 0.2) is 0 Å². The quantitative estimate of drug-likeness (QED) is 0.490. The molecule has 2 heterocycles. The van der Waals surface area contributed by atoms with Crippen LogP contribution in [0.1, 0.15) is 66.2 Å². The summed E-state index contributed by atoms with van der Waals surface area (Å²) in [5, 5.41) is 0. The van der Waals surface area contributed by atoms with E-state index in [1.807, 2.05) is 0 Å². The monoisotopic (exact) mass is 450 g/mol. The van der Waals surface area contributed by atoms with Crippen LogP contribution in [0.25, 0.3) is 0 Å². The number of hydrogen-bond acceptors (Lipinski definition) is 8. The highest BCUT2D eigenvalue weighted by Crippen LogP contribution is 2.23. The summed E-state index contributed by atoms with van der Waals surface area (Å²) in [4.78, 5) is 19.1. The van der Waals surface area contributed by atoms with Gasteiger partial charge in [0.25, 0.3) is 0 Å². The highest BCUT2D eigenvalue weighted by molar-refractivity contribution is 5.94. The average molecular weight is 451 g/mol. The summed E-state index contributed by atoms with van der Waals surface area (Å²) in [7, 11) is 6.69. The van der Waals surface area contributed by atoms with Crippen LogP contribution in [-0.4, -0.2) is 76.2 Å². The SMILES string of the molecule is COC1=NC(C(C)C)C(OC)=NC1CCCCCCC1N=C(OC)C(C(C)C)N=C1OC. The van der Waals surface area contributed by atoms with Crippen LogP contribution in [0.4, 0.5) is 0 Å². The Morgan fingerprint density at radius 2 is 0.875 bits per heavy atom. The molecule has 2 aliphatic rings. The molecule has 0 radical (unpaired) electrons. The first-order valence-electron chi connectivity index (χ1n) is 11.8. The standard InChI is InChI=1S/C24H42N4O4/c1-15(2)19-23(31-7)25-17(21(27-19)29-5)13-11-9-10-12-14-18-22(30-6)28-20(16(3)4)24(26-18)32-8/h15-20H,9-14H2,1-8H3. The Bertz CT molecular complexity index is 655. The molecule has 2 aliphatic heterocycles. The first kappa shape index (κ1) is 26.1. The fraction of sp³-hybridized carbons (Fsp3) is 0.833. The summed E-state index contributed by atoms with van der Waals surface area (Å²) in [6.07, 6.45) is 6.14. The van der Waals surface area contributed by atoms with Crippen LogP contribution in [-0.2, 0) is 18.9 Å². The molecule has 0 fully saturated rings. The molecule has 0 spiro atoms. The van der Waals surface area contributed by atoms with E-state index in [0.717, 1.165) is 38.5 Å². The van der Waals surface area contributed by atoms with Gasteiger partial charge < -0.3 is 18.9 Å². The smallest absolute Gasteiger partial charge is 0.209 e. The molecule has 32 heavy (non-hydrogen) atoms. The Labute approximate surface area is 193 Å². The molecule has 4 unspecified atom stereocenters. The minimum absolute atomic E-state index is 0.0580. The van der Waals surface area contributed by atoms with Gasteiger partial charge in [0.05, 0.1) is 28.4 Å². The molecule has 0 amide bonds. The fourth-order valence-corrected chi connectivity index (χ4v) is 4.12. The lowest BCUT2D eigenvalue weighted by Gasteiger charge is -2.27. The van der Waals surface area contributed by atoms with E-state index >= 15 is 0 Å². The molecule has 2 rings (SSSR count). The summed E-state index contributed by atoms with van der Waals surface area (Å²) in [5.74, 6) is 3.49. The van der Waals surface area contributed by atoms with Crippen molar-refractivity contribution in [2.45, 2.75) is 90.4 Å². The molecule has 8 nitrogen and oxygen atoms in total. The van der Waals surface area contributed by atoms with E-state index in [1.54, 1.807) is 28.4 Å². The zero-order valence-electron chi connectivity index (χ0n) is 21.1. The number of hydrogen-bond donors (Lipinski definition) is 0. The summed E-state index contributed by atoms with van der Waals surface area (Å²) in [6, 6.07) is -0.243. The van der Waals surface area contributed by atoms with Gasteiger partial charge in [-0.1, -0.05) is 53.4 Å². The molecule has 0 N–H and O–H groups in total. The van der Waals surface area contributed by atoms with Crippen LogP contribution in [0.2, 0.25) is 0 Å². The Morgan fingerprint density at radius 1 is 0.531 bits per heavy atom. The van der Waals surface area contributed by atoms with Gasteiger partial charge in [0.1, 0.15) is 24.2 Å². The highest BCUT2D eigenvalue weighted by atomic mass is 16.5. The average Bonchev–Trinajstić information content (AvgIpc) is 2.79. The van der Waals surface area contributed by atoms with Crippen molar-refractivity contribution in [1.82, 2.24) is 0 Å². The van der Waals surface area contributed by atoms with E-state index in [0.29, 0.717) is 35.4 Å². The molecule has 8 heteroatoms. The van der Waals surface area contributed by atoms with Crippen molar-refractivity contribution in [1.29, 1.82) is 0 Å². The number of unbranched alkanes of at least 4 members (excludes halogenated alkanes) is 3. The lowest BCUT2D eigenvalue weighted by Crippen LogP contribution is -2.37. The molecule has 0 aliphatic carbocycles. The third-order valence-electron chi connectivity index (χ3n) is 5.98. The fourth-order valence-electron chi connectivity index (χ4n) is 4.12. The minimum atomic E-state index is -0.0637. The van der Waals surface area contributed by atoms with Crippen LogP contribution in [0, 0.1) is 11.8 Å². The largest absolute Gasteiger partial charge is 0.483 e. The minimum Gasteiger partial charge on any atom is -0.483 e. The van der Waals surface area contributed by atoms with E-state index in [4.69, 9.17) is 38.9 Å². The van der Waals surface area contributed by atoms with Crippen molar-refractivity contribution in [3.63, 3.8) is 0 Å². The second-order valence-corrected chi connectivity index (χ2v) is 9.09. The van der Waals surface area contributed by atoms with Gasteiger partial charge in [-0.3, -0.25) is 0 Å². The summed E-state index contributed by atoms with van der Waals surface area (Å²) < 4.78 is 22.1. The molecule has 0 bridgehead atoms. The molecule has 0 aromatic carbocycles. The van der Waals surface area contributed by atoms with Crippen molar-refractivity contribution in [2.75, 3.05) is 28.4 Å². The maximum atomic E-state index is 5.54. The van der Waals surface area contributed by atoms with E-state index in [9.17, 15) is 0 Å². The Balaban J connectivity index is 1.81. The van der Waals surface area contributed by atoms with Crippen LogP contribution in [0.3, 0.4) is 0 Å². The lowest BCUT2D eigenvalue weighted by molar-refractivity contribution is 0.327. The molecule has 0 saturated carbocycles. The Kier molecular flexibility index (Phi) is 10.5. The maximum Gasteiger partial charge on any atom is 0.209 e. The third kappa shape index (κ3) is 6.69. The maximum absolute atomic E-state index is 5.54. The van der Waals surface area contributed by atoms with E-state index in [-0.39, 0.29) is 24.2 Å². The van der Waals surface area contributed by atoms with Gasteiger partial charge in [0, 0.05) is 0 Å². The van der Waals surface area contributed by atoms with Crippen LogP contribution in [0.15, 0.2) is 20.0 Å². The lowest BCUT2D eigenvalue weighted by atomic mass is 9.99. The number of rotatable bonds is 9.